The molecule has 0 unspecified atom stereocenters. The second kappa shape index (κ2) is 7.50. The number of nitrogens with two attached hydrogens (primary N) is 1. The average molecular weight is 333 g/mol. The molecule has 1 aromatic heterocycles. The van der Waals surface area contributed by atoms with E-state index >= 15 is 0 Å². The Kier molecular flexibility index (Phi) is 5.17. The van der Waals surface area contributed by atoms with Crippen molar-refractivity contribution < 1.29 is 13.9 Å². The Balaban J connectivity index is 1.63. The molecule has 1 saturated heterocycles. The van der Waals surface area contributed by atoms with Gasteiger partial charge in [0.15, 0.2) is 5.69 Å². The molecule has 3 rings (SSSR count). The van der Waals surface area contributed by atoms with Gasteiger partial charge in [0.25, 0.3) is 5.91 Å². The zero-order chi connectivity index (χ0) is 16.9. The molecule has 1 aliphatic rings. The molecule has 8 heteroatoms. The summed E-state index contributed by atoms with van der Waals surface area (Å²) in [5.41, 5.74) is 6.61. The van der Waals surface area contributed by atoms with Gasteiger partial charge in [-0.25, -0.2) is 4.39 Å². The Bertz CT molecular complexity index is 705. The molecule has 2 N–H and O–H groups in total. The van der Waals surface area contributed by atoms with Crippen molar-refractivity contribution >= 4 is 5.91 Å². The van der Waals surface area contributed by atoms with Crippen molar-refractivity contribution in [2.75, 3.05) is 26.2 Å². The minimum absolute atomic E-state index is 0.163. The largest absolute Gasteiger partial charge is 0.374 e. The predicted molar refractivity (Wildman–Crippen MR) is 84.8 cm³/mol. The van der Waals surface area contributed by atoms with Crippen molar-refractivity contribution in [2.45, 2.75) is 19.1 Å². The number of nitrogens with zero attached hydrogens (tertiary/aromatic N) is 4. The molecule has 1 aliphatic heterocycles. The van der Waals surface area contributed by atoms with Gasteiger partial charge < -0.3 is 15.4 Å². The normalized spacial score (nSPS) is 17.9. The first-order chi connectivity index (χ1) is 11.7. The van der Waals surface area contributed by atoms with Crippen LogP contribution in [0, 0.1) is 5.82 Å². The van der Waals surface area contributed by atoms with E-state index in [1.807, 2.05) is 6.07 Å². The molecule has 24 heavy (non-hydrogen) atoms. The third-order valence-electron chi connectivity index (χ3n) is 3.89. The molecule has 0 radical (unpaired) electrons. The van der Waals surface area contributed by atoms with E-state index in [2.05, 4.69) is 10.3 Å². The number of hydrogen-bond donors (Lipinski definition) is 1. The molecule has 1 fully saturated rings. The fourth-order valence-electron chi connectivity index (χ4n) is 2.75. The van der Waals surface area contributed by atoms with Gasteiger partial charge in [-0.1, -0.05) is 17.3 Å². The van der Waals surface area contributed by atoms with Gasteiger partial charge in [-0.2, -0.15) is 0 Å². The molecule has 128 valence electrons. The zero-order valence-electron chi connectivity index (χ0n) is 13.3. The molecule has 1 aromatic carbocycles. The summed E-state index contributed by atoms with van der Waals surface area (Å²) in [6, 6.07) is 6.42. The van der Waals surface area contributed by atoms with Gasteiger partial charge in [0.1, 0.15) is 5.82 Å². The number of benzene rings is 1. The van der Waals surface area contributed by atoms with Crippen molar-refractivity contribution in [2.24, 2.45) is 5.73 Å². The lowest BCUT2D eigenvalue weighted by atomic mass is 10.1. The van der Waals surface area contributed by atoms with Gasteiger partial charge in [-0.3, -0.25) is 9.48 Å². The topological polar surface area (TPSA) is 86.3 Å². The maximum absolute atomic E-state index is 13.3. The number of carbonyl (C=O) groups excluding carboxylic acids is 1. The van der Waals surface area contributed by atoms with Crippen molar-refractivity contribution in [1.82, 2.24) is 19.9 Å². The van der Waals surface area contributed by atoms with E-state index in [4.69, 9.17) is 10.5 Å². The molecule has 2 aromatic rings. The lowest BCUT2D eigenvalue weighted by Crippen LogP contribution is -2.46. The minimum atomic E-state index is -0.271. The maximum Gasteiger partial charge on any atom is 0.276 e. The average Bonchev–Trinajstić information content (AvgIpc) is 3.03. The van der Waals surface area contributed by atoms with Crippen LogP contribution in [-0.2, 0) is 17.7 Å². The van der Waals surface area contributed by atoms with E-state index in [1.54, 1.807) is 21.8 Å². The second-order valence-electron chi connectivity index (χ2n) is 5.73. The lowest BCUT2D eigenvalue weighted by molar-refractivity contribution is -0.0210. The Morgan fingerprint density at radius 1 is 1.46 bits per heavy atom. The van der Waals surface area contributed by atoms with Gasteiger partial charge in [0.05, 0.1) is 25.5 Å². The summed E-state index contributed by atoms with van der Waals surface area (Å²) in [5, 5.41) is 7.79. The van der Waals surface area contributed by atoms with Crippen LogP contribution in [0.15, 0.2) is 30.5 Å². The summed E-state index contributed by atoms with van der Waals surface area (Å²) < 4.78 is 20.5. The van der Waals surface area contributed by atoms with Gasteiger partial charge in [0, 0.05) is 26.1 Å². The third-order valence-corrected chi connectivity index (χ3v) is 3.89. The first-order valence-corrected chi connectivity index (χ1v) is 7.91. The molecular formula is C16H20FN5O2. The van der Waals surface area contributed by atoms with Crippen molar-refractivity contribution in [3.8, 4) is 0 Å². The zero-order valence-corrected chi connectivity index (χ0v) is 13.3. The summed E-state index contributed by atoms with van der Waals surface area (Å²) in [6.45, 7) is 2.35. The Hall–Kier alpha value is -2.32. The van der Waals surface area contributed by atoms with E-state index in [9.17, 15) is 9.18 Å². The van der Waals surface area contributed by atoms with Crippen LogP contribution in [0.2, 0.25) is 0 Å². The minimum Gasteiger partial charge on any atom is -0.374 e. The Morgan fingerprint density at radius 3 is 3.12 bits per heavy atom. The highest BCUT2D eigenvalue weighted by atomic mass is 19.1. The molecule has 0 saturated carbocycles. The van der Waals surface area contributed by atoms with Gasteiger partial charge in [-0.15, -0.1) is 5.10 Å². The summed E-state index contributed by atoms with van der Waals surface area (Å²) in [6.07, 6.45) is 2.00. The van der Waals surface area contributed by atoms with Crippen LogP contribution in [-0.4, -0.2) is 58.1 Å². The van der Waals surface area contributed by atoms with Gasteiger partial charge in [-0.05, 0) is 17.7 Å². The quantitative estimate of drug-likeness (QED) is 0.859. The highest BCUT2D eigenvalue weighted by molar-refractivity contribution is 5.92. The summed E-state index contributed by atoms with van der Waals surface area (Å²) >= 11 is 0. The standard InChI is InChI=1S/C16H20FN5O2/c17-13-3-1-2-12(8-13)9-14-10-21(6-7-24-14)16(23)15-11-22(5-4-18)20-19-15/h1-3,8,11,14H,4-7,9-10,18H2/t14-/m0/s1. The van der Waals surface area contributed by atoms with E-state index in [-0.39, 0.29) is 17.8 Å². The number of aromatic nitrogens is 3. The molecule has 0 spiro atoms. The van der Waals surface area contributed by atoms with E-state index < -0.39 is 0 Å². The number of hydrogen-bond acceptors (Lipinski definition) is 5. The predicted octanol–water partition coefficient (Wildman–Crippen LogP) is 0.460. The van der Waals surface area contributed by atoms with Gasteiger partial charge in [0.2, 0.25) is 0 Å². The van der Waals surface area contributed by atoms with Crippen LogP contribution < -0.4 is 5.73 Å². The fraction of sp³-hybridized carbons (Fsp3) is 0.438. The molecule has 7 nitrogen and oxygen atoms in total. The molecule has 1 amide bonds. The second-order valence-corrected chi connectivity index (χ2v) is 5.73. The molecule has 1 atom stereocenters. The summed E-state index contributed by atoms with van der Waals surface area (Å²) in [4.78, 5) is 14.2. The summed E-state index contributed by atoms with van der Waals surface area (Å²) in [7, 11) is 0. The van der Waals surface area contributed by atoms with Crippen LogP contribution in [0.1, 0.15) is 16.1 Å². The molecule has 2 heterocycles. The highest BCUT2D eigenvalue weighted by Crippen LogP contribution is 2.14. The lowest BCUT2D eigenvalue weighted by Gasteiger charge is -2.32. The van der Waals surface area contributed by atoms with E-state index in [0.29, 0.717) is 44.9 Å². The van der Waals surface area contributed by atoms with Gasteiger partial charge >= 0.3 is 0 Å². The Labute approximate surface area is 139 Å². The van der Waals surface area contributed by atoms with Crippen LogP contribution in [0.25, 0.3) is 0 Å². The van der Waals surface area contributed by atoms with E-state index in [1.165, 1.54) is 12.1 Å². The van der Waals surface area contributed by atoms with Crippen LogP contribution in [0.5, 0.6) is 0 Å². The first kappa shape index (κ1) is 16.5. The molecule has 0 bridgehead atoms. The summed E-state index contributed by atoms with van der Waals surface area (Å²) in [5.74, 6) is -0.446. The van der Waals surface area contributed by atoms with Crippen LogP contribution in [0.4, 0.5) is 4.39 Å². The third kappa shape index (κ3) is 3.95. The number of carbonyl (C=O) groups is 1. The smallest absolute Gasteiger partial charge is 0.276 e. The number of morpholine rings is 1. The SMILES string of the molecule is NCCn1cc(C(=O)N2CCO[C@@H](Cc3cccc(F)c3)C2)nn1. The highest BCUT2D eigenvalue weighted by Gasteiger charge is 2.26. The van der Waals surface area contributed by atoms with Crippen molar-refractivity contribution in [3.05, 3.63) is 47.5 Å². The van der Waals surface area contributed by atoms with E-state index in [0.717, 1.165) is 5.56 Å². The fourth-order valence-corrected chi connectivity index (χ4v) is 2.75. The number of amides is 1. The van der Waals surface area contributed by atoms with Crippen molar-refractivity contribution in [3.63, 3.8) is 0 Å². The number of ether oxygens (including phenoxy) is 1. The van der Waals surface area contributed by atoms with Crippen LogP contribution in [0.3, 0.4) is 0 Å². The van der Waals surface area contributed by atoms with Crippen molar-refractivity contribution in [1.29, 1.82) is 0 Å². The Morgan fingerprint density at radius 2 is 2.33 bits per heavy atom. The molecule has 0 aliphatic carbocycles. The maximum atomic E-state index is 13.3. The number of rotatable bonds is 5. The monoisotopic (exact) mass is 333 g/mol. The number of halogens is 1. The van der Waals surface area contributed by atoms with Crippen LogP contribution >= 0.6 is 0 Å². The first-order valence-electron chi connectivity index (χ1n) is 7.91. The molecular weight excluding hydrogens is 313 g/mol.